The summed E-state index contributed by atoms with van der Waals surface area (Å²) in [6, 6.07) is 0. The summed E-state index contributed by atoms with van der Waals surface area (Å²) in [5.74, 6) is 0.817. The lowest BCUT2D eigenvalue weighted by Crippen LogP contribution is -2.35. The zero-order valence-electron chi connectivity index (χ0n) is 10.6. The van der Waals surface area contributed by atoms with Gasteiger partial charge in [0.05, 0.1) is 0 Å². The molecule has 0 amide bonds. The van der Waals surface area contributed by atoms with Gasteiger partial charge in [-0.15, -0.1) is 0 Å². The molecule has 0 aromatic rings. The lowest BCUT2D eigenvalue weighted by atomic mass is 10.2. The Morgan fingerprint density at radius 1 is 1.19 bits per heavy atom. The van der Waals surface area contributed by atoms with Crippen molar-refractivity contribution in [3.8, 4) is 0 Å². The largest absolute Gasteiger partial charge is 0.397 e. The number of aliphatic hydroxyl groups is 1. The summed E-state index contributed by atoms with van der Waals surface area (Å²) in [7, 11) is 0. The van der Waals surface area contributed by atoms with Crippen molar-refractivity contribution in [2.45, 2.75) is 41.0 Å². The monoisotopic (exact) mass is 232 g/mol. The van der Waals surface area contributed by atoms with E-state index in [9.17, 15) is 0 Å². The standard InChI is InChI=1S/C10H22N2.C2H6O.CH4/c1-10(2)9-12-7-3-5-11-6-4-8-12;1-2-3;/h10-11H,3-9H2,1-2H3;3H,2H2,1H3;1H4. The van der Waals surface area contributed by atoms with Gasteiger partial charge < -0.3 is 15.3 Å². The van der Waals surface area contributed by atoms with Gasteiger partial charge >= 0.3 is 0 Å². The van der Waals surface area contributed by atoms with E-state index in [1.165, 1.54) is 45.6 Å². The van der Waals surface area contributed by atoms with Crippen LogP contribution >= 0.6 is 0 Å². The zero-order valence-corrected chi connectivity index (χ0v) is 10.6. The van der Waals surface area contributed by atoms with E-state index in [1.54, 1.807) is 6.92 Å². The topological polar surface area (TPSA) is 35.5 Å². The zero-order chi connectivity index (χ0) is 11.5. The fraction of sp³-hybridized carbons (Fsp3) is 1.00. The van der Waals surface area contributed by atoms with E-state index >= 15 is 0 Å². The lowest BCUT2D eigenvalue weighted by molar-refractivity contribution is 0.227. The number of aliphatic hydroxyl groups excluding tert-OH is 1. The number of hydrogen-bond donors (Lipinski definition) is 2. The average Bonchev–Trinajstić information content (AvgIpc) is 2.10. The van der Waals surface area contributed by atoms with Gasteiger partial charge in [0.1, 0.15) is 0 Å². The molecule has 100 valence electrons. The minimum Gasteiger partial charge on any atom is -0.397 e. The van der Waals surface area contributed by atoms with Crippen molar-refractivity contribution in [1.29, 1.82) is 0 Å². The third kappa shape index (κ3) is 12.0. The summed E-state index contributed by atoms with van der Waals surface area (Å²) in [4.78, 5) is 2.60. The molecule has 1 fully saturated rings. The van der Waals surface area contributed by atoms with Gasteiger partial charge in [-0.1, -0.05) is 21.3 Å². The Morgan fingerprint density at radius 2 is 1.62 bits per heavy atom. The molecule has 1 aliphatic rings. The van der Waals surface area contributed by atoms with Crippen LogP contribution in [0.3, 0.4) is 0 Å². The minimum absolute atomic E-state index is 0. The van der Waals surface area contributed by atoms with Gasteiger partial charge in [0, 0.05) is 13.2 Å². The predicted octanol–water partition coefficient (Wildman–Crippen LogP) is 1.96. The van der Waals surface area contributed by atoms with Gasteiger partial charge in [-0.25, -0.2) is 0 Å². The second-order valence-corrected chi connectivity index (χ2v) is 4.47. The Balaban J connectivity index is 0. The summed E-state index contributed by atoms with van der Waals surface area (Å²) >= 11 is 0. The second kappa shape index (κ2) is 12.9. The Morgan fingerprint density at radius 3 is 2.00 bits per heavy atom. The van der Waals surface area contributed by atoms with E-state index in [-0.39, 0.29) is 14.0 Å². The smallest absolute Gasteiger partial charge is 0.0402 e. The van der Waals surface area contributed by atoms with Crippen molar-refractivity contribution in [3.05, 3.63) is 0 Å². The Labute approximate surface area is 102 Å². The van der Waals surface area contributed by atoms with Gasteiger partial charge in [0.25, 0.3) is 0 Å². The van der Waals surface area contributed by atoms with Crippen LogP contribution < -0.4 is 5.32 Å². The molecule has 0 aliphatic carbocycles. The molecule has 0 atom stereocenters. The van der Waals surface area contributed by atoms with E-state index in [2.05, 4.69) is 24.1 Å². The molecule has 3 heteroatoms. The van der Waals surface area contributed by atoms with Crippen LogP contribution in [0, 0.1) is 5.92 Å². The molecular weight excluding hydrogens is 200 g/mol. The first-order valence-electron chi connectivity index (χ1n) is 6.24. The Hall–Kier alpha value is -0.120. The highest BCUT2D eigenvalue weighted by molar-refractivity contribution is 4.65. The molecule has 0 unspecified atom stereocenters. The van der Waals surface area contributed by atoms with Gasteiger partial charge in [0.2, 0.25) is 0 Å². The first kappa shape index (κ1) is 18.3. The molecule has 1 rings (SSSR count). The Kier molecular flexibility index (Phi) is 14.8. The highest BCUT2D eigenvalue weighted by Crippen LogP contribution is 2.02. The van der Waals surface area contributed by atoms with Crippen molar-refractivity contribution in [2.24, 2.45) is 5.92 Å². The molecule has 1 saturated heterocycles. The van der Waals surface area contributed by atoms with E-state index in [1.807, 2.05) is 0 Å². The van der Waals surface area contributed by atoms with Crippen LogP contribution in [0.2, 0.25) is 0 Å². The van der Waals surface area contributed by atoms with Gasteiger partial charge in [-0.3, -0.25) is 0 Å². The summed E-state index contributed by atoms with van der Waals surface area (Å²) in [5.41, 5.74) is 0. The van der Waals surface area contributed by atoms with Crippen LogP contribution in [0.5, 0.6) is 0 Å². The Bertz CT molecular complexity index is 121. The van der Waals surface area contributed by atoms with Gasteiger partial charge in [-0.2, -0.15) is 0 Å². The molecule has 0 aromatic carbocycles. The maximum absolute atomic E-state index is 7.57. The SMILES string of the molecule is C.CC(C)CN1CCCNCCC1.CCO. The van der Waals surface area contributed by atoms with Crippen LogP contribution in [0.25, 0.3) is 0 Å². The first-order chi connectivity index (χ1) is 7.20. The number of nitrogens with zero attached hydrogens (tertiary/aromatic N) is 1. The maximum atomic E-state index is 7.57. The van der Waals surface area contributed by atoms with E-state index in [0.717, 1.165) is 5.92 Å². The normalized spacial score (nSPS) is 17.8. The molecule has 0 bridgehead atoms. The molecular formula is C13H32N2O. The minimum atomic E-state index is 0. The highest BCUT2D eigenvalue weighted by Gasteiger charge is 2.08. The van der Waals surface area contributed by atoms with Crippen molar-refractivity contribution in [2.75, 3.05) is 39.3 Å². The summed E-state index contributed by atoms with van der Waals surface area (Å²) in [6.07, 6.45) is 2.62. The molecule has 2 N–H and O–H groups in total. The second-order valence-electron chi connectivity index (χ2n) is 4.47. The van der Waals surface area contributed by atoms with Crippen LogP contribution in [0.4, 0.5) is 0 Å². The van der Waals surface area contributed by atoms with E-state index in [4.69, 9.17) is 5.11 Å². The molecule has 1 heterocycles. The molecule has 0 saturated carbocycles. The predicted molar refractivity (Wildman–Crippen MR) is 72.9 cm³/mol. The van der Waals surface area contributed by atoms with Crippen molar-refractivity contribution < 1.29 is 5.11 Å². The van der Waals surface area contributed by atoms with Crippen LogP contribution in [-0.2, 0) is 0 Å². The fourth-order valence-corrected chi connectivity index (χ4v) is 1.79. The third-order valence-electron chi connectivity index (χ3n) is 2.28. The molecule has 1 aliphatic heterocycles. The summed E-state index contributed by atoms with van der Waals surface area (Å²) < 4.78 is 0. The molecule has 3 nitrogen and oxygen atoms in total. The van der Waals surface area contributed by atoms with E-state index < -0.39 is 0 Å². The van der Waals surface area contributed by atoms with E-state index in [0.29, 0.717) is 0 Å². The molecule has 0 aromatic heterocycles. The third-order valence-corrected chi connectivity index (χ3v) is 2.28. The highest BCUT2D eigenvalue weighted by atomic mass is 16.2. The molecule has 0 radical (unpaired) electrons. The number of hydrogen-bond acceptors (Lipinski definition) is 3. The lowest BCUT2D eigenvalue weighted by Gasteiger charge is -2.26. The van der Waals surface area contributed by atoms with Crippen molar-refractivity contribution >= 4 is 0 Å². The average molecular weight is 232 g/mol. The molecule has 0 spiro atoms. The van der Waals surface area contributed by atoms with Gasteiger partial charge in [0.15, 0.2) is 0 Å². The van der Waals surface area contributed by atoms with Crippen LogP contribution in [-0.4, -0.2) is 49.3 Å². The maximum Gasteiger partial charge on any atom is 0.0402 e. The van der Waals surface area contributed by atoms with Crippen molar-refractivity contribution in [1.82, 2.24) is 10.2 Å². The fourth-order valence-electron chi connectivity index (χ4n) is 1.79. The van der Waals surface area contributed by atoms with Crippen molar-refractivity contribution in [3.63, 3.8) is 0 Å². The first-order valence-corrected chi connectivity index (χ1v) is 6.24. The van der Waals surface area contributed by atoms with Crippen LogP contribution in [0.1, 0.15) is 41.0 Å². The summed E-state index contributed by atoms with van der Waals surface area (Å²) in [6.45, 7) is 12.8. The number of nitrogens with one attached hydrogen (secondary N) is 1. The molecule has 16 heavy (non-hydrogen) atoms. The summed E-state index contributed by atoms with van der Waals surface area (Å²) in [5, 5.41) is 11.0. The van der Waals surface area contributed by atoms with Crippen LogP contribution in [0.15, 0.2) is 0 Å². The quantitative estimate of drug-likeness (QED) is 0.764. The number of rotatable bonds is 2. The van der Waals surface area contributed by atoms with Gasteiger partial charge in [-0.05, 0) is 51.9 Å².